The number of carbonyl (C=O) groups is 11. The Bertz CT molecular complexity index is 2170. The Hall–Kier alpha value is -7.58. The van der Waals surface area contributed by atoms with E-state index in [9.17, 15) is 68.1 Å². The van der Waals surface area contributed by atoms with Gasteiger partial charge in [-0.1, -0.05) is 26.0 Å². The first-order chi connectivity index (χ1) is 33.3. The lowest BCUT2D eigenvalue weighted by atomic mass is 10.0. The van der Waals surface area contributed by atoms with Gasteiger partial charge < -0.3 is 80.0 Å². The second-order valence-corrected chi connectivity index (χ2v) is 17.8. The second-order valence-electron chi connectivity index (χ2n) is 17.8. The van der Waals surface area contributed by atoms with Crippen LogP contribution in [0.15, 0.2) is 29.3 Å². The molecule has 392 valence electrons. The molecular formula is C44H67N13O14. The summed E-state index contributed by atoms with van der Waals surface area (Å²) in [4.78, 5) is 151. The highest BCUT2D eigenvalue weighted by molar-refractivity contribution is 6.00. The monoisotopic (exact) mass is 1000 g/mol. The molecule has 0 radical (unpaired) electrons. The van der Waals surface area contributed by atoms with Crippen molar-refractivity contribution >= 4 is 71.1 Å². The fourth-order valence-electron chi connectivity index (χ4n) is 7.91. The van der Waals surface area contributed by atoms with Gasteiger partial charge in [0.15, 0.2) is 5.96 Å². The first kappa shape index (κ1) is 57.7. The number of carboxylic acids is 2. The molecule has 27 nitrogen and oxygen atoms in total. The van der Waals surface area contributed by atoms with Crippen molar-refractivity contribution in [1.82, 2.24) is 41.7 Å². The van der Waals surface area contributed by atoms with Crippen molar-refractivity contribution in [2.45, 2.75) is 140 Å². The normalized spacial score (nSPS) is 18.3. The van der Waals surface area contributed by atoms with Crippen molar-refractivity contribution in [3.8, 4) is 5.75 Å². The number of aliphatic carboxylic acids is 2. The third-order valence-corrected chi connectivity index (χ3v) is 11.7. The number of carboxylic acid groups (broad SMARTS) is 2. The van der Waals surface area contributed by atoms with Crippen LogP contribution in [0.5, 0.6) is 5.75 Å². The Morgan fingerprint density at radius 1 is 0.662 bits per heavy atom. The Morgan fingerprint density at radius 3 is 1.70 bits per heavy atom. The molecular weight excluding hydrogens is 935 g/mol. The number of nitrogens with zero attached hydrogens (tertiary/aromatic N) is 3. The average Bonchev–Trinajstić information content (AvgIpc) is 3.99. The maximum Gasteiger partial charge on any atom is 0.326 e. The first-order valence-corrected chi connectivity index (χ1v) is 23.1. The molecule has 9 atom stereocenters. The fourth-order valence-corrected chi connectivity index (χ4v) is 7.91. The van der Waals surface area contributed by atoms with E-state index in [1.54, 1.807) is 13.8 Å². The first-order valence-electron chi connectivity index (χ1n) is 23.1. The second kappa shape index (κ2) is 27.0. The summed E-state index contributed by atoms with van der Waals surface area (Å²) < 4.78 is 0. The number of likely N-dealkylation sites (tertiary alicyclic amines) is 2. The molecule has 2 heterocycles. The van der Waals surface area contributed by atoms with Gasteiger partial charge in [-0.2, -0.15) is 0 Å². The Balaban J connectivity index is 1.79. The summed E-state index contributed by atoms with van der Waals surface area (Å²) in [7, 11) is 0. The highest BCUT2D eigenvalue weighted by Gasteiger charge is 2.43. The van der Waals surface area contributed by atoms with Crippen LogP contribution in [-0.4, -0.2) is 170 Å². The zero-order chi connectivity index (χ0) is 53.3. The Kier molecular flexibility index (Phi) is 21.9. The summed E-state index contributed by atoms with van der Waals surface area (Å²) in [5.74, 6) is -11.6. The summed E-state index contributed by atoms with van der Waals surface area (Å²) >= 11 is 0. The van der Waals surface area contributed by atoms with E-state index in [1.807, 2.05) is 0 Å². The zero-order valence-corrected chi connectivity index (χ0v) is 40.1. The van der Waals surface area contributed by atoms with Gasteiger partial charge in [-0.3, -0.25) is 52.9 Å². The van der Waals surface area contributed by atoms with Crippen LogP contribution >= 0.6 is 0 Å². The number of aromatic hydroxyl groups is 1. The molecule has 1 aromatic rings. The predicted molar refractivity (Wildman–Crippen MR) is 251 cm³/mol. The number of guanidine groups is 1. The number of hydrogen-bond donors (Lipinski definition) is 13. The van der Waals surface area contributed by atoms with Crippen LogP contribution in [0.4, 0.5) is 0 Å². The van der Waals surface area contributed by atoms with E-state index in [0.29, 0.717) is 12.0 Å². The lowest BCUT2D eigenvalue weighted by Gasteiger charge is -2.32. The standard InChI is InChI=1S/C44H67N13O14/c1-21(2)34(55-35(62)22(3)45)40(67)52-27(20-33(60)61)37(64)51-26(8-5-15-49-44(47)48)41(68)56-16-7-10-31(56)39(66)53-28(19-32(46)59)42(69)57-17-6-9-30(57)38(65)50-23(4)36(63)54-29(43(70)71)18-24-11-13-25(58)14-12-24/h11-14,21-23,26-31,34,58H,5-10,15-20,45H2,1-4H3,(H2,46,59)(H,50,65)(H,51,64)(H,52,67)(H,53,66)(H,54,63)(H,55,62)(H,60,61)(H,70,71)(H4,47,48,49)/t22-,23-,26-,27-,28-,29-,30-,31-,34-/m0/s1. The minimum absolute atomic E-state index is 0.00535. The van der Waals surface area contributed by atoms with Gasteiger partial charge in [0.2, 0.25) is 53.2 Å². The molecule has 0 spiro atoms. The molecule has 0 saturated carbocycles. The van der Waals surface area contributed by atoms with Gasteiger partial charge in [-0.25, -0.2) is 4.79 Å². The van der Waals surface area contributed by atoms with Crippen LogP contribution in [-0.2, 0) is 59.2 Å². The lowest BCUT2D eigenvalue weighted by Crippen LogP contribution is -2.60. The lowest BCUT2D eigenvalue weighted by molar-refractivity contribution is -0.146. The molecule has 0 unspecified atom stereocenters. The van der Waals surface area contributed by atoms with Crippen LogP contribution in [0.1, 0.15) is 84.6 Å². The number of hydrogen-bond acceptors (Lipinski definition) is 14. The van der Waals surface area contributed by atoms with Gasteiger partial charge >= 0.3 is 11.9 Å². The number of benzene rings is 1. The number of nitrogens with one attached hydrogen (secondary N) is 6. The molecule has 2 fully saturated rings. The van der Waals surface area contributed by atoms with Crippen LogP contribution in [0.3, 0.4) is 0 Å². The van der Waals surface area contributed by atoms with Crippen molar-refractivity contribution in [1.29, 1.82) is 0 Å². The van der Waals surface area contributed by atoms with Crippen LogP contribution in [0, 0.1) is 5.92 Å². The van der Waals surface area contributed by atoms with E-state index in [0.717, 1.165) is 9.80 Å². The number of nitrogens with two attached hydrogens (primary N) is 4. The van der Waals surface area contributed by atoms with Crippen LogP contribution in [0.25, 0.3) is 0 Å². The summed E-state index contributed by atoms with van der Waals surface area (Å²) in [6.45, 7) is 5.84. The van der Waals surface area contributed by atoms with Crippen LogP contribution in [0.2, 0.25) is 0 Å². The summed E-state index contributed by atoms with van der Waals surface area (Å²) in [6.07, 6.45) is -1.14. The van der Waals surface area contributed by atoms with Gasteiger partial charge in [-0.15, -0.1) is 0 Å². The fraction of sp³-hybridized carbons (Fsp3) is 0.591. The number of primary amides is 1. The smallest absolute Gasteiger partial charge is 0.326 e. The van der Waals surface area contributed by atoms with E-state index in [4.69, 9.17) is 22.9 Å². The number of carbonyl (C=O) groups excluding carboxylic acids is 9. The number of rotatable bonds is 26. The van der Waals surface area contributed by atoms with Crippen molar-refractivity contribution in [3.05, 3.63) is 29.8 Å². The minimum Gasteiger partial charge on any atom is -0.508 e. The molecule has 0 aliphatic carbocycles. The van der Waals surface area contributed by atoms with E-state index in [2.05, 4.69) is 36.9 Å². The highest BCUT2D eigenvalue weighted by atomic mass is 16.4. The third kappa shape index (κ3) is 17.7. The third-order valence-electron chi connectivity index (χ3n) is 11.7. The summed E-state index contributed by atoms with van der Waals surface area (Å²) in [5, 5.41) is 43.6. The molecule has 2 aliphatic rings. The van der Waals surface area contributed by atoms with Gasteiger partial charge in [-0.05, 0) is 76.0 Å². The maximum absolute atomic E-state index is 14.3. The highest BCUT2D eigenvalue weighted by Crippen LogP contribution is 2.23. The minimum atomic E-state index is -1.76. The predicted octanol–water partition coefficient (Wildman–Crippen LogP) is -4.66. The largest absolute Gasteiger partial charge is 0.508 e. The SMILES string of the molecule is CC(C)[C@H](NC(=O)[C@H](C)N)C(=O)N[C@@H](CC(=O)O)C(=O)N[C@@H](CCCN=C(N)N)C(=O)N1CCC[C@H]1C(=O)N[C@@H](CC(N)=O)C(=O)N1CCC[C@H]1C(=O)N[C@@H](C)C(=O)N[C@@H](Cc1ccc(O)cc1)C(=O)O. The van der Waals surface area contributed by atoms with Crippen LogP contribution < -0.4 is 54.8 Å². The van der Waals surface area contributed by atoms with E-state index in [-0.39, 0.29) is 69.9 Å². The summed E-state index contributed by atoms with van der Waals surface area (Å²) in [5.41, 5.74) is 22.5. The quantitative estimate of drug-likeness (QED) is 0.0236. The van der Waals surface area contributed by atoms with Gasteiger partial charge in [0, 0.05) is 26.1 Å². The van der Waals surface area contributed by atoms with Crippen molar-refractivity contribution in [2.24, 2.45) is 33.8 Å². The molecule has 2 saturated heterocycles. The molecule has 17 N–H and O–H groups in total. The number of aliphatic imine (C=N–C) groups is 1. The molecule has 0 bridgehead atoms. The molecule has 3 rings (SSSR count). The van der Waals surface area contributed by atoms with Gasteiger partial charge in [0.1, 0.15) is 54.1 Å². The molecule has 9 amide bonds. The zero-order valence-electron chi connectivity index (χ0n) is 40.1. The topological polar surface area (TPSA) is 444 Å². The van der Waals surface area contributed by atoms with Crippen molar-refractivity contribution < 1.29 is 68.1 Å². The molecule has 1 aromatic carbocycles. The van der Waals surface area contributed by atoms with Crippen molar-refractivity contribution in [2.75, 3.05) is 19.6 Å². The van der Waals surface area contributed by atoms with Gasteiger partial charge in [0.05, 0.1) is 18.9 Å². The van der Waals surface area contributed by atoms with E-state index in [1.165, 1.54) is 38.1 Å². The molecule has 27 heteroatoms. The van der Waals surface area contributed by atoms with Crippen molar-refractivity contribution in [3.63, 3.8) is 0 Å². The molecule has 71 heavy (non-hydrogen) atoms. The van der Waals surface area contributed by atoms with Gasteiger partial charge in [0.25, 0.3) is 0 Å². The Morgan fingerprint density at radius 2 is 1.20 bits per heavy atom. The number of phenols is 1. The van der Waals surface area contributed by atoms with E-state index < -0.39 is 138 Å². The average molecular weight is 1000 g/mol. The maximum atomic E-state index is 14.3. The van der Waals surface area contributed by atoms with E-state index >= 15 is 0 Å². The molecule has 2 aliphatic heterocycles. The Labute approximate surface area is 409 Å². The summed E-state index contributed by atoms with van der Waals surface area (Å²) in [6, 6.07) is -6.56. The molecule has 0 aromatic heterocycles. The number of amides is 9. The number of phenolic OH excluding ortho intramolecular Hbond substituents is 1.